The van der Waals surface area contributed by atoms with Crippen LogP contribution in [0.15, 0.2) is 30.3 Å². The van der Waals surface area contributed by atoms with Crippen molar-refractivity contribution >= 4 is 17.6 Å². The molecule has 21 heavy (non-hydrogen) atoms. The SMILES string of the molecule is Cc1cc(C(=O)Nc2ccc(C(C)CC(=O)O)cc2)n[nH]1. The van der Waals surface area contributed by atoms with Crippen LogP contribution in [0.4, 0.5) is 5.69 Å². The molecule has 0 aliphatic heterocycles. The number of carboxylic acid groups (broad SMARTS) is 1. The van der Waals surface area contributed by atoms with Crippen LogP contribution >= 0.6 is 0 Å². The summed E-state index contributed by atoms with van der Waals surface area (Å²) in [5.41, 5.74) is 2.71. The van der Waals surface area contributed by atoms with E-state index in [-0.39, 0.29) is 18.2 Å². The van der Waals surface area contributed by atoms with Gasteiger partial charge in [0.15, 0.2) is 5.69 Å². The highest BCUT2D eigenvalue weighted by Gasteiger charge is 2.12. The molecule has 1 unspecified atom stereocenters. The van der Waals surface area contributed by atoms with Gasteiger partial charge in [-0.2, -0.15) is 5.10 Å². The Kier molecular flexibility index (Phi) is 4.37. The minimum absolute atomic E-state index is 0.0683. The van der Waals surface area contributed by atoms with E-state index >= 15 is 0 Å². The first-order chi connectivity index (χ1) is 9.95. The molecule has 0 radical (unpaired) electrons. The summed E-state index contributed by atoms with van der Waals surface area (Å²) in [5.74, 6) is -1.18. The molecule has 1 amide bonds. The fraction of sp³-hybridized carbons (Fsp3) is 0.267. The molecule has 2 rings (SSSR count). The summed E-state index contributed by atoms with van der Waals surface area (Å²) in [7, 11) is 0. The zero-order valence-corrected chi connectivity index (χ0v) is 11.9. The van der Waals surface area contributed by atoms with Gasteiger partial charge < -0.3 is 10.4 Å². The molecule has 110 valence electrons. The maximum Gasteiger partial charge on any atom is 0.303 e. The van der Waals surface area contributed by atoms with Crippen molar-refractivity contribution in [3.8, 4) is 0 Å². The number of aliphatic carboxylic acids is 1. The Bertz CT molecular complexity index is 646. The van der Waals surface area contributed by atoms with E-state index in [2.05, 4.69) is 15.5 Å². The lowest BCUT2D eigenvalue weighted by molar-refractivity contribution is -0.137. The van der Waals surface area contributed by atoms with Crippen LogP contribution < -0.4 is 5.32 Å². The first-order valence-electron chi connectivity index (χ1n) is 6.61. The number of anilines is 1. The van der Waals surface area contributed by atoms with Crippen molar-refractivity contribution in [3.63, 3.8) is 0 Å². The number of aromatic nitrogens is 2. The van der Waals surface area contributed by atoms with Gasteiger partial charge in [0.25, 0.3) is 5.91 Å². The van der Waals surface area contributed by atoms with E-state index in [1.165, 1.54) is 0 Å². The third kappa shape index (κ3) is 3.92. The minimum Gasteiger partial charge on any atom is -0.481 e. The van der Waals surface area contributed by atoms with Crippen molar-refractivity contribution in [3.05, 3.63) is 47.3 Å². The largest absolute Gasteiger partial charge is 0.481 e. The summed E-state index contributed by atoms with van der Waals surface area (Å²) in [5, 5.41) is 18.1. The van der Waals surface area contributed by atoms with Gasteiger partial charge in [-0.1, -0.05) is 19.1 Å². The van der Waals surface area contributed by atoms with Gasteiger partial charge in [-0.3, -0.25) is 14.7 Å². The molecule has 0 aliphatic carbocycles. The zero-order valence-electron chi connectivity index (χ0n) is 11.9. The van der Waals surface area contributed by atoms with Gasteiger partial charge in [0.1, 0.15) is 0 Å². The molecule has 2 aromatic rings. The molecule has 0 bridgehead atoms. The normalized spacial score (nSPS) is 11.9. The third-order valence-corrected chi connectivity index (χ3v) is 3.16. The summed E-state index contributed by atoms with van der Waals surface area (Å²) in [6.45, 7) is 3.68. The van der Waals surface area contributed by atoms with Crippen molar-refractivity contribution in [2.45, 2.75) is 26.2 Å². The third-order valence-electron chi connectivity index (χ3n) is 3.16. The average Bonchev–Trinajstić information content (AvgIpc) is 2.85. The molecular weight excluding hydrogens is 270 g/mol. The number of benzene rings is 1. The molecule has 6 heteroatoms. The summed E-state index contributed by atoms with van der Waals surface area (Å²) < 4.78 is 0. The predicted molar refractivity (Wildman–Crippen MR) is 78.4 cm³/mol. The van der Waals surface area contributed by atoms with E-state index < -0.39 is 5.97 Å². The van der Waals surface area contributed by atoms with Crippen molar-refractivity contribution in [2.75, 3.05) is 5.32 Å². The molecule has 0 spiro atoms. The van der Waals surface area contributed by atoms with Crippen molar-refractivity contribution in [2.24, 2.45) is 0 Å². The van der Waals surface area contributed by atoms with Crippen LogP contribution in [0.5, 0.6) is 0 Å². The number of aryl methyl sites for hydroxylation is 1. The van der Waals surface area contributed by atoms with E-state index in [1.807, 2.05) is 26.0 Å². The molecule has 0 aliphatic rings. The molecule has 0 saturated carbocycles. The number of nitrogens with zero attached hydrogens (tertiary/aromatic N) is 1. The molecule has 0 fully saturated rings. The van der Waals surface area contributed by atoms with Crippen LogP contribution in [0, 0.1) is 6.92 Å². The summed E-state index contributed by atoms with van der Waals surface area (Å²) in [4.78, 5) is 22.6. The highest BCUT2D eigenvalue weighted by Crippen LogP contribution is 2.21. The fourth-order valence-electron chi connectivity index (χ4n) is 2.00. The molecular formula is C15H17N3O3. The van der Waals surface area contributed by atoms with Gasteiger partial charge in [0.2, 0.25) is 0 Å². The molecule has 1 atom stereocenters. The molecule has 3 N–H and O–H groups in total. The summed E-state index contributed by atoms with van der Waals surface area (Å²) in [6.07, 6.45) is 0.0816. The second-order valence-corrected chi connectivity index (χ2v) is 5.01. The number of carboxylic acids is 1. The Morgan fingerprint density at radius 3 is 2.52 bits per heavy atom. The number of H-pyrrole nitrogens is 1. The number of aromatic amines is 1. The van der Waals surface area contributed by atoms with Crippen LogP contribution in [0.25, 0.3) is 0 Å². The van der Waals surface area contributed by atoms with E-state index in [0.29, 0.717) is 11.4 Å². The maximum absolute atomic E-state index is 11.9. The van der Waals surface area contributed by atoms with Gasteiger partial charge >= 0.3 is 5.97 Å². The van der Waals surface area contributed by atoms with E-state index in [4.69, 9.17) is 5.11 Å². The van der Waals surface area contributed by atoms with Gasteiger partial charge in [0.05, 0.1) is 6.42 Å². The van der Waals surface area contributed by atoms with Crippen molar-refractivity contribution in [1.29, 1.82) is 0 Å². The second-order valence-electron chi connectivity index (χ2n) is 5.01. The van der Waals surface area contributed by atoms with Crippen molar-refractivity contribution in [1.82, 2.24) is 10.2 Å². The van der Waals surface area contributed by atoms with E-state index in [1.54, 1.807) is 18.2 Å². The molecule has 1 aromatic heterocycles. The van der Waals surface area contributed by atoms with E-state index in [9.17, 15) is 9.59 Å². The van der Waals surface area contributed by atoms with Crippen LogP contribution in [0.1, 0.15) is 41.0 Å². The second kappa shape index (κ2) is 6.21. The smallest absolute Gasteiger partial charge is 0.303 e. The number of hydrogen-bond acceptors (Lipinski definition) is 3. The highest BCUT2D eigenvalue weighted by atomic mass is 16.4. The van der Waals surface area contributed by atoms with Gasteiger partial charge in [-0.25, -0.2) is 0 Å². The van der Waals surface area contributed by atoms with Gasteiger partial charge in [0, 0.05) is 11.4 Å². The first kappa shape index (κ1) is 14.8. The number of carbonyl (C=O) groups excluding carboxylic acids is 1. The quantitative estimate of drug-likeness (QED) is 0.787. The Hall–Kier alpha value is -2.63. The Morgan fingerprint density at radius 2 is 2.00 bits per heavy atom. The summed E-state index contributed by atoms with van der Waals surface area (Å²) in [6, 6.07) is 8.81. The number of amides is 1. The number of nitrogens with one attached hydrogen (secondary N) is 2. The maximum atomic E-state index is 11.9. The zero-order chi connectivity index (χ0) is 15.4. The van der Waals surface area contributed by atoms with Crippen LogP contribution in [0.2, 0.25) is 0 Å². The van der Waals surface area contributed by atoms with Crippen LogP contribution in [-0.2, 0) is 4.79 Å². The highest BCUT2D eigenvalue weighted by molar-refractivity contribution is 6.02. The number of hydrogen-bond donors (Lipinski definition) is 3. The van der Waals surface area contributed by atoms with Crippen molar-refractivity contribution < 1.29 is 14.7 Å². The standard InChI is InChI=1S/C15H17N3O3/c1-9(7-14(19)20)11-3-5-12(6-4-11)16-15(21)13-8-10(2)17-18-13/h3-6,8-9H,7H2,1-2H3,(H,16,21)(H,17,18)(H,19,20). The molecule has 1 heterocycles. The lowest BCUT2D eigenvalue weighted by atomic mass is 9.98. The van der Waals surface area contributed by atoms with Gasteiger partial charge in [-0.05, 0) is 36.6 Å². The lowest BCUT2D eigenvalue weighted by Gasteiger charge is -2.10. The summed E-state index contributed by atoms with van der Waals surface area (Å²) >= 11 is 0. The molecule has 1 aromatic carbocycles. The Labute approximate surface area is 122 Å². The van der Waals surface area contributed by atoms with Crippen LogP contribution in [0.3, 0.4) is 0 Å². The molecule has 6 nitrogen and oxygen atoms in total. The van der Waals surface area contributed by atoms with Crippen LogP contribution in [-0.4, -0.2) is 27.2 Å². The predicted octanol–water partition coefficient (Wildman–Crippen LogP) is 2.55. The minimum atomic E-state index is -0.825. The Morgan fingerprint density at radius 1 is 1.33 bits per heavy atom. The average molecular weight is 287 g/mol. The number of carbonyl (C=O) groups is 2. The van der Waals surface area contributed by atoms with E-state index in [0.717, 1.165) is 11.3 Å². The topological polar surface area (TPSA) is 95.1 Å². The first-order valence-corrected chi connectivity index (χ1v) is 6.61. The monoisotopic (exact) mass is 287 g/mol. The van der Waals surface area contributed by atoms with Gasteiger partial charge in [-0.15, -0.1) is 0 Å². The lowest BCUT2D eigenvalue weighted by Crippen LogP contribution is -2.12. The number of rotatable bonds is 5. The molecule has 0 saturated heterocycles. The fourth-order valence-corrected chi connectivity index (χ4v) is 2.00. The Balaban J connectivity index is 2.02.